The lowest BCUT2D eigenvalue weighted by Crippen LogP contribution is -2.53. The topological polar surface area (TPSA) is 48.5 Å². The number of hydrogen-bond donors (Lipinski definition) is 1. The van der Waals surface area contributed by atoms with Crippen molar-refractivity contribution in [3.8, 4) is 0 Å². The maximum Gasteiger partial charge on any atom is 0.241 e. The van der Waals surface area contributed by atoms with Gasteiger partial charge in [0.05, 0.1) is 6.04 Å². The zero-order valence-electron chi connectivity index (χ0n) is 15.9. The molecule has 1 amide bonds. The summed E-state index contributed by atoms with van der Waals surface area (Å²) in [6.45, 7) is 9.77. The SMILES string of the molecule is CC(C)c1ccccc1NC(=O)[C@@H](C)N1CCN(c2ccccn2)CC1. The first-order valence-corrected chi connectivity index (χ1v) is 9.36. The Morgan fingerprint density at radius 2 is 1.69 bits per heavy atom. The quantitative estimate of drug-likeness (QED) is 0.896. The molecular formula is C21H28N4O. The molecule has 1 aromatic heterocycles. The molecule has 1 aliphatic heterocycles. The van der Waals surface area contributed by atoms with E-state index in [0.29, 0.717) is 5.92 Å². The van der Waals surface area contributed by atoms with Crippen LogP contribution in [0.15, 0.2) is 48.7 Å². The highest BCUT2D eigenvalue weighted by Gasteiger charge is 2.26. The Morgan fingerprint density at radius 1 is 1.00 bits per heavy atom. The van der Waals surface area contributed by atoms with Crippen LogP contribution in [0.3, 0.4) is 0 Å². The van der Waals surface area contributed by atoms with Crippen LogP contribution in [0.5, 0.6) is 0 Å². The maximum atomic E-state index is 12.8. The number of para-hydroxylation sites is 1. The molecule has 2 aromatic rings. The van der Waals surface area contributed by atoms with Gasteiger partial charge in [-0.05, 0) is 36.6 Å². The van der Waals surface area contributed by atoms with Crippen LogP contribution < -0.4 is 10.2 Å². The number of hydrogen-bond acceptors (Lipinski definition) is 4. The smallest absolute Gasteiger partial charge is 0.241 e. The summed E-state index contributed by atoms with van der Waals surface area (Å²) in [5.41, 5.74) is 2.10. The van der Waals surface area contributed by atoms with Gasteiger partial charge in [0.15, 0.2) is 0 Å². The Kier molecular flexibility index (Phi) is 5.89. The fraction of sp³-hybridized carbons (Fsp3) is 0.429. The second-order valence-electron chi connectivity index (χ2n) is 7.12. The first-order chi connectivity index (χ1) is 12.6. The van der Waals surface area contributed by atoms with Gasteiger partial charge < -0.3 is 10.2 Å². The molecule has 0 saturated carbocycles. The van der Waals surface area contributed by atoms with E-state index in [2.05, 4.69) is 40.0 Å². The molecule has 1 N–H and O–H groups in total. The average molecular weight is 352 g/mol. The summed E-state index contributed by atoms with van der Waals surface area (Å²) >= 11 is 0. The predicted molar refractivity (Wildman–Crippen MR) is 107 cm³/mol. The van der Waals surface area contributed by atoms with Crippen LogP contribution in [0, 0.1) is 0 Å². The Balaban J connectivity index is 1.58. The number of anilines is 2. The fourth-order valence-corrected chi connectivity index (χ4v) is 3.40. The van der Waals surface area contributed by atoms with E-state index < -0.39 is 0 Å². The molecule has 1 aromatic carbocycles. The van der Waals surface area contributed by atoms with Gasteiger partial charge in [0.25, 0.3) is 0 Å². The van der Waals surface area contributed by atoms with Gasteiger partial charge in [0.1, 0.15) is 5.82 Å². The number of nitrogens with zero attached hydrogens (tertiary/aromatic N) is 3. The Labute approximate surface area is 156 Å². The number of rotatable bonds is 5. The van der Waals surface area contributed by atoms with Gasteiger partial charge in [-0.1, -0.05) is 38.1 Å². The summed E-state index contributed by atoms with van der Waals surface area (Å²) in [5, 5.41) is 3.13. The second-order valence-corrected chi connectivity index (χ2v) is 7.12. The van der Waals surface area contributed by atoms with E-state index in [0.717, 1.165) is 37.7 Å². The largest absolute Gasteiger partial charge is 0.354 e. The molecule has 1 aliphatic rings. The fourth-order valence-electron chi connectivity index (χ4n) is 3.40. The molecule has 0 bridgehead atoms. The zero-order chi connectivity index (χ0) is 18.5. The number of aromatic nitrogens is 1. The summed E-state index contributed by atoms with van der Waals surface area (Å²) in [5.74, 6) is 1.45. The zero-order valence-corrected chi connectivity index (χ0v) is 15.9. The molecule has 0 aliphatic carbocycles. The highest BCUT2D eigenvalue weighted by Crippen LogP contribution is 2.24. The van der Waals surface area contributed by atoms with Crippen molar-refractivity contribution >= 4 is 17.4 Å². The van der Waals surface area contributed by atoms with Crippen LogP contribution in [0.1, 0.15) is 32.3 Å². The minimum absolute atomic E-state index is 0.0596. The number of nitrogens with one attached hydrogen (secondary N) is 1. The summed E-state index contributed by atoms with van der Waals surface area (Å²) in [4.78, 5) is 21.7. The lowest BCUT2D eigenvalue weighted by Gasteiger charge is -2.38. The highest BCUT2D eigenvalue weighted by molar-refractivity contribution is 5.95. The standard InChI is InChI=1S/C21H28N4O/c1-16(2)18-8-4-5-9-19(18)23-21(26)17(3)24-12-14-25(15-13-24)20-10-6-7-11-22-20/h4-11,16-17H,12-15H2,1-3H3,(H,23,26)/t17-/m1/s1. The van der Waals surface area contributed by atoms with Gasteiger partial charge in [0.2, 0.25) is 5.91 Å². The van der Waals surface area contributed by atoms with E-state index in [4.69, 9.17) is 0 Å². The predicted octanol–water partition coefficient (Wildman–Crippen LogP) is 3.35. The van der Waals surface area contributed by atoms with Crippen molar-refractivity contribution in [1.29, 1.82) is 0 Å². The van der Waals surface area contributed by atoms with Crippen LogP contribution in [-0.4, -0.2) is 48.0 Å². The van der Waals surface area contributed by atoms with Crippen LogP contribution in [0.2, 0.25) is 0 Å². The lowest BCUT2D eigenvalue weighted by atomic mass is 10.0. The first kappa shape index (κ1) is 18.4. The summed E-state index contributed by atoms with van der Waals surface area (Å²) in [6, 6.07) is 13.9. The van der Waals surface area contributed by atoms with Crippen LogP contribution in [-0.2, 0) is 4.79 Å². The first-order valence-electron chi connectivity index (χ1n) is 9.36. The highest BCUT2D eigenvalue weighted by atomic mass is 16.2. The van der Waals surface area contributed by atoms with Gasteiger partial charge in [-0.15, -0.1) is 0 Å². The molecule has 3 rings (SSSR count). The summed E-state index contributed by atoms with van der Waals surface area (Å²) < 4.78 is 0. The molecule has 5 heteroatoms. The molecule has 0 radical (unpaired) electrons. The van der Waals surface area contributed by atoms with Crippen molar-refractivity contribution in [2.45, 2.75) is 32.7 Å². The lowest BCUT2D eigenvalue weighted by molar-refractivity contribution is -0.120. The number of piperazine rings is 1. The van der Waals surface area contributed by atoms with E-state index >= 15 is 0 Å². The molecular weight excluding hydrogens is 324 g/mol. The van der Waals surface area contributed by atoms with E-state index in [1.54, 1.807) is 0 Å². The van der Waals surface area contributed by atoms with Crippen molar-refractivity contribution in [1.82, 2.24) is 9.88 Å². The van der Waals surface area contributed by atoms with Gasteiger partial charge >= 0.3 is 0 Å². The van der Waals surface area contributed by atoms with Gasteiger partial charge in [-0.2, -0.15) is 0 Å². The monoisotopic (exact) mass is 352 g/mol. The third-order valence-corrected chi connectivity index (χ3v) is 5.06. The van der Waals surface area contributed by atoms with Crippen molar-refractivity contribution in [3.05, 3.63) is 54.2 Å². The van der Waals surface area contributed by atoms with Crippen molar-refractivity contribution in [3.63, 3.8) is 0 Å². The molecule has 5 nitrogen and oxygen atoms in total. The Hall–Kier alpha value is -2.40. The number of amides is 1. The molecule has 0 unspecified atom stereocenters. The maximum absolute atomic E-state index is 12.8. The van der Waals surface area contributed by atoms with E-state index in [-0.39, 0.29) is 11.9 Å². The number of carbonyl (C=O) groups is 1. The molecule has 1 atom stereocenters. The number of benzene rings is 1. The van der Waals surface area contributed by atoms with Crippen molar-refractivity contribution < 1.29 is 4.79 Å². The van der Waals surface area contributed by atoms with E-state index in [1.807, 2.05) is 49.5 Å². The minimum Gasteiger partial charge on any atom is -0.354 e. The Bertz CT molecular complexity index is 724. The van der Waals surface area contributed by atoms with Crippen LogP contribution in [0.4, 0.5) is 11.5 Å². The second kappa shape index (κ2) is 8.32. The van der Waals surface area contributed by atoms with E-state index in [1.165, 1.54) is 5.56 Å². The molecule has 0 spiro atoms. The third-order valence-electron chi connectivity index (χ3n) is 5.06. The van der Waals surface area contributed by atoms with Gasteiger partial charge in [-0.25, -0.2) is 4.98 Å². The number of pyridine rings is 1. The normalized spacial score (nSPS) is 16.5. The van der Waals surface area contributed by atoms with Crippen molar-refractivity contribution in [2.75, 3.05) is 36.4 Å². The van der Waals surface area contributed by atoms with Gasteiger partial charge in [-0.3, -0.25) is 9.69 Å². The third kappa shape index (κ3) is 4.22. The molecule has 1 saturated heterocycles. The van der Waals surface area contributed by atoms with Gasteiger partial charge in [0, 0.05) is 38.1 Å². The molecule has 2 heterocycles. The van der Waals surface area contributed by atoms with Crippen molar-refractivity contribution in [2.24, 2.45) is 0 Å². The van der Waals surface area contributed by atoms with Crippen LogP contribution in [0.25, 0.3) is 0 Å². The minimum atomic E-state index is -0.152. The van der Waals surface area contributed by atoms with E-state index in [9.17, 15) is 4.79 Å². The molecule has 1 fully saturated rings. The summed E-state index contributed by atoms with van der Waals surface area (Å²) in [6.07, 6.45) is 1.82. The van der Waals surface area contributed by atoms with Crippen LogP contribution >= 0.6 is 0 Å². The molecule has 26 heavy (non-hydrogen) atoms. The number of carbonyl (C=O) groups excluding carboxylic acids is 1. The average Bonchev–Trinajstić information content (AvgIpc) is 2.68. The molecule has 138 valence electrons. The summed E-state index contributed by atoms with van der Waals surface area (Å²) in [7, 11) is 0. The Morgan fingerprint density at radius 3 is 2.35 bits per heavy atom.